The van der Waals surface area contributed by atoms with E-state index in [0.717, 1.165) is 17.1 Å². The lowest BCUT2D eigenvalue weighted by Gasteiger charge is -2.26. The summed E-state index contributed by atoms with van der Waals surface area (Å²) in [5.41, 5.74) is 0. The maximum atomic E-state index is 3.69. The van der Waals surface area contributed by atoms with Gasteiger partial charge in [0.2, 0.25) is 0 Å². The zero-order chi connectivity index (χ0) is 10.5. The van der Waals surface area contributed by atoms with Crippen LogP contribution in [0.15, 0.2) is 0 Å². The number of thioether (sulfide) groups is 1. The molecule has 15 heavy (non-hydrogen) atoms. The van der Waals surface area contributed by atoms with E-state index in [1.54, 1.807) is 0 Å². The monoisotopic (exact) mass is 227 g/mol. The molecular weight excluding hydrogens is 202 g/mol. The summed E-state index contributed by atoms with van der Waals surface area (Å²) in [7, 11) is 0. The third kappa shape index (κ3) is 3.99. The van der Waals surface area contributed by atoms with Gasteiger partial charge in [0.15, 0.2) is 0 Å². The minimum absolute atomic E-state index is 0.924. The maximum Gasteiger partial charge on any atom is 0.0172 e. The summed E-state index contributed by atoms with van der Waals surface area (Å²) in [6.45, 7) is 4.94. The van der Waals surface area contributed by atoms with E-state index in [1.807, 2.05) is 0 Å². The lowest BCUT2D eigenvalue weighted by Crippen LogP contribution is -2.30. The molecule has 2 heteroatoms. The summed E-state index contributed by atoms with van der Waals surface area (Å²) in [5, 5.41) is 4.61. The van der Waals surface area contributed by atoms with Crippen molar-refractivity contribution in [3.05, 3.63) is 0 Å². The second-order valence-electron chi connectivity index (χ2n) is 5.42. The van der Waals surface area contributed by atoms with Crippen LogP contribution in [0, 0.1) is 11.8 Å². The van der Waals surface area contributed by atoms with Crippen molar-refractivity contribution in [1.82, 2.24) is 5.32 Å². The van der Waals surface area contributed by atoms with Gasteiger partial charge in [0.25, 0.3) is 0 Å². The molecule has 1 N–H and O–H groups in total. The van der Waals surface area contributed by atoms with Crippen molar-refractivity contribution in [1.29, 1.82) is 0 Å². The Bertz CT molecular complexity index is 169. The lowest BCUT2D eigenvalue weighted by atomic mass is 9.83. The Hall–Kier alpha value is 0.310. The van der Waals surface area contributed by atoms with Crippen molar-refractivity contribution in [2.24, 2.45) is 11.8 Å². The van der Waals surface area contributed by atoms with Crippen LogP contribution in [-0.2, 0) is 0 Å². The zero-order valence-corrected chi connectivity index (χ0v) is 10.8. The minimum Gasteiger partial charge on any atom is -0.315 e. The Morgan fingerprint density at radius 3 is 2.53 bits per heavy atom. The fourth-order valence-corrected chi connectivity index (χ4v) is 4.02. The Labute approximate surface area is 98.8 Å². The lowest BCUT2D eigenvalue weighted by molar-refractivity contribution is 0.282. The second kappa shape index (κ2) is 6.15. The molecule has 88 valence electrons. The van der Waals surface area contributed by atoms with Gasteiger partial charge < -0.3 is 5.32 Å². The number of rotatable bonds is 4. The van der Waals surface area contributed by atoms with E-state index in [4.69, 9.17) is 0 Å². The first-order valence-corrected chi connectivity index (χ1v) is 7.72. The SMILES string of the molecule is CC1CCC(CNCC2CCCS2)CC1. The van der Waals surface area contributed by atoms with E-state index in [-0.39, 0.29) is 0 Å². The second-order valence-corrected chi connectivity index (χ2v) is 6.83. The molecule has 1 heterocycles. The van der Waals surface area contributed by atoms with Gasteiger partial charge in [0, 0.05) is 11.8 Å². The van der Waals surface area contributed by atoms with Crippen LogP contribution in [0.2, 0.25) is 0 Å². The van der Waals surface area contributed by atoms with Gasteiger partial charge in [-0.2, -0.15) is 11.8 Å². The molecule has 0 aromatic carbocycles. The van der Waals surface area contributed by atoms with Crippen molar-refractivity contribution in [2.75, 3.05) is 18.8 Å². The van der Waals surface area contributed by atoms with Crippen LogP contribution in [0.5, 0.6) is 0 Å². The first-order chi connectivity index (χ1) is 7.34. The van der Waals surface area contributed by atoms with E-state index in [9.17, 15) is 0 Å². The van der Waals surface area contributed by atoms with Gasteiger partial charge in [0.05, 0.1) is 0 Å². The summed E-state index contributed by atoms with van der Waals surface area (Å²) in [5.74, 6) is 3.37. The van der Waals surface area contributed by atoms with E-state index in [2.05, 4.69) is 24.0 Å². The van der Waals surface area contributed by atoms with Crippen LogP contribution < -0.4 is 5.32 Å². The average molecular weight is 227 g/mol. The Morgan fingerprint density at radius 2 is 1.87 bits per heavy atom. The van der Waals surface area contributed by atoms with Crippen LogP contribution >= 0.6 is 11.8 Å². The predicted molar refractivity (Wildman–Crippen MR) is 69.5 cm³/mol. The predicted octanol–water partition coefficient (Wildman–Crippen LogP) is 3.30. The molecule has 0 aromatic heterocycles. The fraction of sp³-hybridized carbons (Fsp3) is 1.00. The van der Waals surface area contributed by atoms with E-state index in [1.165, 1.54) is 57.4 Å². The average Bonchev–Trinajstić information content (AvgIpc) is 2.74. The molecule has 0 spiro atoms. The summed E-state index contributed by atoms with van der Waals surface area (Å²) in [6, 6.07) is 0. The molecule has 0 bridgehead atoms. The zero-order valence-electron chi connectivity index (χ0n) is 10.0. The van der Waals surface area contributed by atoms with Crippen LogP contribution in [0.25, 0.3) is 0 Å². The number of nitrogens with one attached hydrogen (secondary N) is 1. The van der Waals surface area contributed by atoms with Gasteiger partial charge >= 0.3 is 0 Å². The van der Waals surface area contributed by atoms with Crippen LogP contribution in [0.1, 0.15) is 45.4 Å². The highest BCUT2D eigenvalue weighted by Crippen LogP contribution is 2.28. The van der Waals surface area contributed by atoms with Crippen LogP contribution in [0.3, 0.4) is 0 Å². The van der Waals surface area contributed by atoms with Crippen molar-refractivity contribution < 1.29 is 0 Å². The van der Waals surface area contributed by atoms with Crippen molar-refractivity contribution in [2.45, 2.75) is 50.7 Å². The quantitative estimate of drug-likeness (QED) is 0.791. The molecule has 2 fully saturated rings. The van der Waals surface area contributed by atoms with Gasteiger partial charge in [-0.3, -0.25) is 0 Å². The highest BCUT2D eigenvalue weighted by atomic mass is 32.2. The third-order valence-electron chi connectivity index (χ3n) is 3.96. The summed E-state index contributed by atoms with van der Waals surface area (Å²) >= 11 is 2.17. The maximum absolute atomic E-state index is 3.69. The molecule has 1 nitrogen and oxygen atoms in total. The smallest absolute Gasteiger partial charge is 0.0172 e. The Kier molecular flexibility index (Phi) is 4.83. The minimum atomic E-state index is 0.924. The molecule has 2 rings (SSSR count). The van der Waals surface area contributed by atoms with Crippen molar-refractivity contribution in [3.8, 4) is 0 Å². The summed E-state index contributed by atoms with van der Waals surface area (Å²) < 4.78 is 0. The Balaban J connectivity index is 1.53. The number of hydrogen-bond acceptors (Lipinski definition) is 2. The molecule has 1 unspecified atom stereocenters. The molecule has 1 atom stereocenters. The third-order valence-corrected chi connectivity index (χ3v) is 5.36. The topological polar surface area (TPSA) is 12.0 Å². The molecule has 0 radical (unpaired) electrons. The largest absolute Gasteiger partial charge is 0.315 e. The first-order valence-electron chi connectivity index (χ1n) is 6.67. The molecule has 1 saturated heterocycles. The molecule has 1 saturated carbocycles. The molecule has 0 amide bonds. The molecule has 0 aromatic rings. The van der Waals surface area contributed by atoms with Crippen molar-refractivity contribution >= 4 is 11.8 Å². The van der Waals surface area contributed by atoms with Crippen LogP contribution in [0.4, 0.5) is 0 Å². The van der Waals surface area contributed by atoms with E-state index < -0.39 is 0 Å². The van der Waals surface area contributed by atoms with E-state index in [0.29, 0.717) is 0 Å². The van der Waals surface area contributed by atoms with Gasteiger partial charge in [0.1, 0.15) is 0 Å². The van der Waals surface area contributed by atoms with E-state index >= 15 is 0 Å². The summed E-state index contributed by atoms with van der Waals surface area (Å²) in [4.78, 5) is 0. The van der Waals surface area contributed by atoms with Gasteiger partial charge in [-0.15, -0.1) is 0 Å². The standard InChI is InChI=1S/C13H25NS/c1-11-4-6-12(7-5-11)9-14-10-13-3-2-8-15-13/h11-14H,2-10H2,1H3. The highest BCUT2D eigenvalue weighted by molar-refractivity contribution is 8.00. The first kappa shape index (κ1) is 11.8. The van der Waals surface area contributed by atoms with Crippen molar-refractivity contribution in [3.63, 3.8) is 0 Å². The van der Waals surface area contributed by atoms with Gasteiger partial charge in [-0.05, 0) is 49.8 Å². The summed E-state index contributed by atoms with van der Waals surface area (Å²) in [6.07, 6.45) is 8.74. The highest BCUT2D eigenvalue weighted by Gasteiger charge is 2.19. The molecular formula is C13H25NS. The number of hydrogen-bond donors (Lipinski definition) is 1. The molecule has 1 aliphatic carbocycles. The normalized spacial score (nSPS) is 37.0. The Morgan fingerprint density at radius 1 is 1.07 bits per heavy atom. The fourth-order valence-electron chi connectivity index (χ4n) is 2.79. The van der Waals surface area contributed by atoms with Gasteiger partial charge in [-0.1, -0.05) is 19.8 Å². The van der Waals surface area contributed by atoms with Gasteiger partial charge in [-0.25, -0.2) is 0 Å². The molecule has 1 aliphatic heterocycles. The molecule has 2 aliphatic rings. The van der Waals surface area contributed by atoms with Crippen LogP contribution in [-0.4, -0.2) is 24.1 Å².